The Bertz CT molecular complexity index is 275. The highest BCUT2D eigenvalue weighted by Gasteiger charge is 2.21. The molecular formula is C8H10N2O2. The van der Waals surface area contributed by atoms with Gasteiger partial charge < -0.3 is 10.0 Å². The number of nitriles is 1. The van der Waals surface area contributed by atoms with Crippen LogP contribution >= 0.6 is 0 Å². The summed E-state index contributed by atoms with van der Waals surface area (Å²) in [5.41, 5.74) is 0.542. The van der Waals surface area contributed by atoms with Gasteiger partial charge in [0, 0.05) is 19.3 Å². The monoisotopic (exact) mass is 166 g/mol. The zero-order chi connectivity index (χ0) is 9.14. The van der Waals surface area contributed by atoms with Crippen LogP contribution < -0.4 is 0 Å². The normalized spacial score (nSPS) is 20.5. The van der Waals surface area contributed by atoms with E-state index in [9.17, 15) is 4.79 Å². The van der Waals surface area contributed by atoms with E-state index in [1.165, 1.54) is 0 Å². The van der Waals surface area contributed by atoms with Crippen LogP contribution in [-0.2, 0) is 4.79 Å². The molecule has 4 heteroatoms. The second-order valence-electron chi connectivity index (χ2n) is 2.76. The van der Waals surface area contributed by atoms with Crippen molar-refractivity contribution < 1.29 is 9.90 Å². The molecule has 0 amide bonds. The van der Waals surface area contributed by atoms with Crippen molar-refractivity contribution in [1.82, 2.24) is 4.90 Å². The summed E-state index contributed by atoms with van der Waals surface area (Å²) in [5, 5.41) is 17.2. The van der Waals surface area contributed by atoms with Crippen LogP contribution in [0.4, 0.5) is 0 Å². The van der Waals surface area contributed by atoms with Crippen LogP contribution in [0, 0.1) is 11.3 Å². The summed E-state index contributed by atoms with van der Waals surface area (Å²) >= 11 is 0. The van der Waals surface area contributed by atoms with Gasteiger partial charge in [-0.2, -0.15) is 5.26 Å². The van der Waals surface area contributed by atoms with Gasteiger partial charge in [-0.05, 0) is 12.8 Å². The topological polar surface area (TPSA) is 64.3 Å². The third kappa shape index (κ3) is 1.40. The predicted molar refractivity (Wildman–Crippen MR) is 42.1 cm³/mol. The van der Waals surface area contributed by atoms with E-state index in [4.69, 9.17) is 10.4 Å². The number of hydrogen-bond acceptors (Lipinski definition) is 3. The second kappa shape index (κ2) is 3.26. The molecule has 0 saturated carbocycles. The molecule has 64 valence electrons. The van der Waals surface area contributed by atoms with Crippen LogP contribution in [0.1, 0.15) is 12.8 Å². The van der Waals surface area contributed by atoms with Gasteiger partial charge in [0.05, 0.1) is 0 Å². The molecule has 1 aliphatic heterocycles. The molecule has 1 saturated heterocycles. The quantitative estimate of drug-likeness (QED) is 0.457. The number of nitrogens with zero attached hydrogens (tertiary/aromatic N) is 2. The lowest BCUT2D eigenvalue weighted by Crippen LogP contribution is -2.15. The zero-order valence-corrected chi connectivity index (χ0v) is 6.87. The molecular weight excluding hydrogens is 156 g/mol. The first kappa shape index (κ1) is 8.60. The molecule has 0 aliphatic carbocycles. The summed E-state index contributed by atoms with van der Waals surface area (Å²) in [6.07, 6.45) is 1.63. The zero-order valence-electron chi connectivity index (χ0n) is 6.87. The van der Waals surface area contributed by atoms with Crippen molar-refractivity contribution in [2.45, 2.75) is 12.8 Å². The molecule has 0 unspecified atom stereocenters. The van der Waals surface area contributed by atoms with Gasteiger partial charge in [-0.3, -0.25) is 0 Å². The third-order valence-corrected chi connectivity index (χ3v) is 1.98. The maximum Gasteiger partial charge on any atom is 0.348 e. The average molecular weight is 166 g/mol. The van der Waals surface area contributed by atoms with E-state index in [0.29, 0.717) is 12.1 Å². The second-order valence-corrected chi connectivity index (χ2v) is 2.76. The Kier molecular flexibility index (Phi) is 2.34. The van der Waals surface area contributed by atoms with Crippen molar-refractivity contribution in [3.8, 4) is 6.07 Å². The Morgan fingerprint density at radius 3 is 2.75 bits per heavy atom. The minimum atomic E-state index is -1.12. The molecule has 1 aliphatic rings. The summed E-state index contributed by atoms with van der Waals surface area (Å²) in [6.45, 7) is 0.841. The smallest absolute Gasteiger partial charge is 0.348 e. The van der Waals surface area contributed by atoms with E-state index in [1.807, 2.05) is 11.9 Å². The average Bonchev–Trinajstić information content (AvgIpc) is 2.38. The van der Waals surface area contributed by atoms with Crippen LogP contribution in [0.2, 0.25) is 0 Å². The summed E-state index contributed by atoms with van der Waals surface area (Å²) in [7, 11) is 1.81. The van der Waals surface area contributed by atoms with Gasteiger partial charge in [0.1, 0.15) is 6.07 Å². The van der Waals surface area contributed by atoms with E-state index in [-0.39, 0.29) is 5.57 Å². The van der Waals surface area contributed by atoms with Crippen LogP contribution in [0.3, 0.4) is 0 Å². The lowest BCUT2D eigenvalue weighted by molar-refractivity contribution is -0.132. The maximum absolute atomic E-state index is 10.6. The van der Waals surface area contributed by atoms with E-state index >= 15 is 0 Å². The molecule has 0 spiro atoms. The summed E-state index contributed by atoms with van der Waals surface area (Å²) in [6, 6.07) is 1.71. The molecule has 1 rings (SSSR count). The number of aliphatic carboxylic acids is 1. The largest absolute Gasteiger partial charge is 0.477 e. The SMILES string of the molecule is CN1CCC/C1=C(\C#N)C(=O)O. The summed E-state index contributed by atoms with van der Waals surface area (Å²) in [5.74, 6) is -1.12. The minimum absolute atomic E-state index is 0.116. The first-order chi connectivity index (χ1) is 5.66. The fourth-order valence-electron chi connectivity index (χ4n) is 1.36. The van der Waals surface area contributed by atoms with Crippen molar-refractivity contribution in [3.63, 3.8) is 0 Å². The Hall–Kier alpha value is -1.50. The highest BCUT2D eigenvalue weighted by Crippen LogP contribution is 2.21. The van der Waals surface area contributed by atoms with Gasteiger partial charge in [0.25, 0.3) is 0 Å². The van der Waals surface area contributed by atoms with Crippen LogP contribution in [0.15, 0.2) is 11.3 Å². The number of likely N-dealkylation sites (tertiary alicyclic amines) is 1. The molecule has 1 heterocycles. The number of rotatable bonds is 1. The minimum Gasteiger partial charge on any atom is -0.477 e. The Morgan fingerprint density at radius 2 is 2.42 bits per heavy atom. The predicted octanol–water partition coefficient (Wildman–Crippen LogP) is 0.574. The number of carboxylic acid groups (broad SMARTS) is 1. The molecule has 1 N–H and O–H groups in total. The van der Waals surface area contributed by atoms with Crippen molar-refractivity contribution in [2.24, 2.45) is 0 Å². The fourth-order valence-corrected chi connectivity index (χ4v) is 1.36. The standard InChI is InChI=1S/C8H10N2O2/c1-10-4-2-3-7(10)6(5-9)8(11)12/h2-4H2,1H3,(H,11,12)/b7-6-. The number of allylic oxidation sites excluding steroid dienone is 1. The number of hydrogen-bond donors (Lipinski definition) is 1. The molecule has 0 aromatic rings. The molecule has 1 fully saturated rings. The molecule has 0 atom stereocenters. The van der Waals surface area contributed by atoms with Crippen molar-refractivity contribution in [1.29, 1.82) is 5.26 Å². The fraction of sp³-hybridized carbons (Fsp3) is 0.500. The van der Waals surface area contributed by atoms with Gasteiger partial charge in [-0.25, -0.2) is 4.79 Å². The first-order valence-corrected chi connectivity index (χ1v) is 3.74. The van der Waals surface area contributed by atoms with E-state index in [0.717, 1.165) is 13.0 Å². The van der Waals surface area contributed by atoms with Gasteiger partial charge in [0.2, 0.25) is 0 Å². The molecule has 4 nitrogen and oxygen atoms in total. The summed E-state index contributed by atoms with van der Waals surface area (Å²) in [4.78, 5) is 12.4. The van der Waals surface area contributed by atoms with E-state index < -0.39 is 5.97 Å². The van der Waals surface area contributed by atoms with Crippen LogP contribution in [-0.4, -0.2) is 29.6 Å². The lowest BCUT2D eigenvalue weighted by Gasteiger charge is -2.12. The van der Waals surface area contributed by atoms with Crippen molar-refractivity contribution in [3.05, 3.63) is 11.3 Å². The maximum atomic E-state index is 10.6. The van der Waals surface area contributed by atoms with Gasteiger partial charge in [0.15, 0.2) is 5.57 Å². The Balaban J connectivity index is 3.01. The number of carboxylic acids is 1. The van der Waals surface area contributed by atoms with Gasteiger partial charge >= 0.3 is 5.97 Å². The van der Waals surface area contributed by atoms with E-state index in [2.05, 4.69) is 0 Å². The first-order valence-electron chi connectivity index (χ1n) is 3.74. The molecule has 0 bridgehead atoms. The summed E-state index contributed by atoms with van der Waals surface area (Å²) < 4.78 is 0. The molecule has 0 radical (unpaired) electrons. The van der Waals surface area contributed by atoms with Gasteiger partial charge in [-0.1, -0.05) is 0 Å². The Morgan fingerprint density at radius 1 is 1.75 bits per heavy atom. The molecule has 0 aromatic carbocycles. The van der Waals surface area contributed by atoms with E-state index in [1.54, 1.807) is 6.07 Å². The highest BCUT2D eigenvalue weighted by molar-refractivity contribution is 5.91. The van der Waals surface area contributed by atoms with Gasteiger partial charge in [-0.15, -0.1) is 0 Å². The van der Waals surface area contributed by atoms with Crippen molar-refractivity contribution in [2.75, 3.05) is 13.6 Å². The van der Waals surface area contributed by atoms with Crippen LogP contribution in [0.5, 0.6) is 0 Å². The Labute approximate surface area is 70.7 Å². The van der Waals surface area contributed by atoms with Crippen LogP contribution in [0.25, 0.3) is 0 Å². The van der Waals surface area contributed by atoms with Crippen molar-refractivity contribution >= 4 is 5.97 Å². The lowest BCUT2D eigenvalue weighted by atomic mass is 10.2. The molecule has 12 heavy (non-hydrogen) atoms. The number of carbonyl (C=O) groups is 1. The third-order valence-electron chi connectivity index (χ3n) is 1.98. The molecule has 0 aromatic heterocycles. The highest BCUT2D eigenvalue weighted by atomic mass is 16.4.